The van der Waals surface area contributed by atoms with Gasteiger partial charge in [-0.2, -0.15) is 0 Å². The van der Waals surface area contributed by atoms with Gasteiger partial charge < -0.3 is 0 Å². The van der Waals surface area contributed by atoms with Gasteiger partial charge in [-0.1, -0.05) is 76.5 Å². The van der Waals surface area contributed by atoms with Gasteiger partial charge in [0.05, 0.1) is 0 Å². The van der Waals surface area contributed by atoms with Crippen LogP contribution in [-0.4, -0.2) is 10.5 Å². The van der Waals surface area contributed by atoms with E-state index in [-0.39, 0.29) is 0 Å². The van der Waals surface area contributed by atoms with E-state index in [4.69, 9.17) is 0 Å². The molecule has 0 aromatic carbocycles. The quantitative estimate of drug-likeness (QED) is 0.419. The fourth-order valence-electron chi connectivity index (χ4n) is 3.19. The molecule has 0 N–H and O–H groups in total. The molecule has 0 aliphatic heterocycles. The van der Waals surface area contributed by atoms with Crippen molar-refractivity contribution in [3.05, 3.63) is 22.6 Å². The molecule has 0 aromatic rings. The molecule has 0 aromatic heterocycles. The van der Waals surface area contributed by atoms with Crippen LogP contribution in [0.3, 0.4) is 0 Å². The van der Waals surface area contributed by atoms with Crippen molar-refractivity contribution in [3.8, 4) is 0 Å². The van der Waals surface area contributed by atoms with Gasteiger partial charge in [0.2, 0.25) is 0 Å². The molecule has 1 rings (SSSR count). The van der Waals surface area contributed by atoms with Crippen molar-refractivity contribution in [2.45, 2.75) is 84.5 Å². The van der Waals surface area contributed by atoms with Crippen molar-refractivity contribution >= 4 is 10.8 Å². The molecule has 2 unspecified atom stereocenters. The van der Waals surface area contributed by atoms with Crippen LogP contribution >= 0.6 is 0 Å². The molecule has 1 aliphatic rings. The molecule has 0 radical (unpaired) electrons. The molecule has 0 heterocycles. The van der Waals surface area contributed by atoms with E-state index in [1.54, 1.807) is 11.8 Å². The summed E-state index contributed by atoms with van der Waals surface area (Å²) >= 11 is 0. The van der Waals surface area contributed by atoms with Crippen LogP contribution in [-0.2, 0) is 10.8 Å². The maximum absolute atomic E-state index is 11.5. The predicted octanol–water partition coefficient (Wildman–Crippen LogP) is 6.14. The highest BCUT2D eigenvalue weighted by Crippen LogP contribution is 2.32. The molecule has 2 heteroatoms. The van der Waals surface area contributed by atoms with Gasteiger partial charge in [0, 0.05) is 22.0 Å². The van der Waals surface area contributed by atoms with Crippen LogP contribution in [0.1, 0.15) is 84.5 Å². The van der Waals surface area contributed by atoms with E-state index in [9.17, 15) is 4.21 Å². The number of hydrogen-bond acceptors (Lipinski definition) is 1. The highest BCUT2D eigenvalue weighted by molar-refractivity contribution is 7.88. The SMILES string of the molecule is CCCCCCC(CCCCC)C1=CC=C(S(C)=O)CC1. The molecule has 21 heavy (non-hydrogen) atoms. The first kappa shape index (κ1) is 18.7. The Bertz CT molecular complexity index is 368. The molecule has 0 fully saturated rings. The Morgan fingerprint density at radius 3 is 2.10 bits per heavy atom. The van der Waals surface area contributed by atoms with E-state index in [1.165, 1.54) is 57.8 Å². The Hall–Kier alpha value is -0.370. The van der Waals surface area contributed by atoms with Gasteiger partial charge >= 0.3 is 0 Å². The largest absolute Gasteiger partial charge is 0.255 e. The van der Waals surface area contributed by atoms with Crippen LogP contribution in [0, 0.1) is 5.92 Å². The second-order valence-corrected chi connectivity index (χ2v) is 7.80. The second-order valence-electron chi connectivity index (χ2n) is 6.37. The van der Waals surface area contributed by atoms with Gasteiger partial charge in [0.25, 0.3) is 0 Å². The third-order valence-corrected chi connectivity index (χ3v) is 5.68. The lowest BCUT2D eigenvalue weighted by atomic mass is 9.84. The van der Waals surface area contributed by atoms with Gasteiger partial charge in [0.15, 0.2) is 0 Å². The van der Waals surface area contributed by atoms with Crippen LogP contribution in [0.25, 0.3) is 0 Å². The maximum atomic E-state index is 11.5. The minimum Gasteiger partial charge on any atom is -0.255 e. The van der Waals surface area contributed by atoms with Crippen molar-refractivity contribution in [2.24, 2.45) is 5.92 Å². The zero-order chi connectivity index (χ0) is 15.5. The maximum Gasteiger partial charge on any atom is 0.0456 e. The number of rotatable bonds is 11. The van der Waals surface area contributed by atoms with Crippen molar-refractivity contribution in [3.63, 3.8) is 0 Å². The Balaban J connectivity index is 2.56. The minimum atomic E-state index is -0.778. The molecular formula is C19H34OS. The van der Waals surface area contributed by atoms with Crippen molar-refractivity contribution < 1.29 is 4.21 Å². The standard InChI is InChI=1S/C19H34OS/c1-4-6-8-10-12-17(11-9-7-5-2)18-13-15-19(16-14-18)21(3)20/h13,15,17H,4-12,14,16H2,1-3H3. The zero-order valence-electron chi connectivity index (χ0n) is 14.3. The lowest BCUT2D eigenvalue weighted by molar-refractivity contribution is 0.447. The van der Waals surface area contributed by atoms with Crippen molar-refractivity contribution in [2.75, 3.05) is 6.26 Å². The third-order valence-electron chi connectivity index (χ3n) is 4.60. The summed E-state index contributed by atoms with van der Waals surface area (Å²) in [4.78, 5) is 1.12. The number of unbranched alkanes of at least 4 members (excludes halogenated alkanes) is 5. The molecule has 0 bridgehead atoms. The molecule has 2 atom stereocenters. The van der Waals surface area contributed by atoms with Gasteiger partial charge in [-0.05, 0) is 31.6 Å². The summed E-state index contributed by atoms with van der Waals surface area (Å²) < 4.78 is 11.5. The van der Waals surface area contributed by atoms with E-state index >= 15 is 0 Å². The molecule has 0 saturated carbocycles. The number of allylic oxidation sites excluding steroid dienone is 4. The first-order valence-electron chi connectivity index (χ1n) is 8.92. The topological polar surface area (TPSA) is 17.1 Å². The van der Waals surface area contributed by atoms with Gasteiger partial charge in [-0.3, -0.25) is 4.21 Å². The molecule has 1 nitrogen and oxygen atoms in total. The summed E-state index contributed by atoms with van der Waals surface area (Å²) in [6, 6.07) is 0. The van der Waals surface area contributed by atoms with E-state index in [0.717, 1.165) is 23.7 Å². The molecule has 122 valence electrons. The normalized spacial score (nSPS) is 18.0. The van der Waals surface area contributed by atoms with Crippen LogP contribution in [0.15, 0.2) is 22.6 Å². The zero-order valence-corrected chi connectivity index (χ0v) is 15.1. The molecule has 0 saturated heterocycles. The van der Waals surface area contributed by atoms with E-state index < -0.39 is 10.8 Å². The predicted molar refractivity (Wildman–Crippen MR) is 95.9 cm³/mol. The van der Waals surface area contributed by atoms with Crippen LogP contribution in [0.2, 0.25) is 0 Å². The Morgan fingerprint density at radius 2 is 1.57 bits per heavy atom. The van der Waals surface area contributed by atoms with Crippen molar-refractivity contribution in [1.29, 1.82) is 0 Å². The monoisotopic (exact) mass is 310 g/mol. The Kier molecular flexibility index (Phi) is 9.99. The first-order chi connectivity index (χ1) is 10.2. The lowest BCUT2D eigenvalue weighted by Crippen LogP contribution is -2.09. The fourth-order valence-corrected chi connectivity index (χ4v) is 3.84. The van der Waals surface area contributed by atoms with E-state index in [2.05, 4.69) is 26.0 Å². The average molecular weight is 311 g/mol. The second kappa shape index (κ2) is 11.2. The van der Waals surface area contributed by atoms with Gasteiger partial charge in [-0.25, -0.2) is 0 Å². The summed E-state index contributed by atoms with van der Waals surface area (Å²) in [6.07, 6.45) is 20.5. The first-order valence-corrected chi connectivity index (χ1v) is 10.5. The molecule has 1 aliphatic carbocycles. The van der Waals surface area contributed by atoms with Crippen LogP contribution in [0.4, 0.5) is 0 Å². The van der Waals surface area contributed by atoms with E-state index in [1.807, 2.05) is 0 Å². The van der Waals surface area contributed by atoms with E-state index in [0.29, 0.717) is 0 Å². The highest BCUT2D eigenvalue weighted by Gasteiger charge is 2.17. The lowest BCUT2D eigenvalue weighted by Gasteiger charge is -2.23. The average Bonchev–Trinajstić information content (AvgIpc) is 2.50. The summed E-state index contributed by atoms with van der Waals surface area (Å²) in [5, 5.41) is 0. The summed E-state index contributed by atoms with van der Waals surface area (Å²) in [5.41, 5.74) is 1.62. The smallest absolute Gasteiger partial charge is 0.0456 e. The molecule has 0 spiro atoms. The third kappa shape index (κ3) is 7.44. The number of hydrogen-bond donors (Lipinski definition) is 0. The molecular weight excluding hydrogens is 276 g/mol. The van der Waals surface area contributed by atoms with Crippen LogP contribution in [0.5, 0.6) is 0 Å². The summed E-state index contributed by atoms with van der Waals surface area (Å²) in [6.45, 7) is 4.56. The summed E-state index contributed by atoms with van der Waals surface area (Å²) in [5.74, 6) is 0.775. The Labute approximate surface area is 134 Å². The fraction of sp³-hybridized carbons (Fsp3) is 0.789. The Morgan fingerprint density at radius 1 is 0.952 bits per heavy atom. The van der Waals surface area contributed by atoms with Crippen molar-refractivity contribution in [1.82, 2.24) is 0 Å². The summed E-state index contributed by atoms with van der Waals surface area (Å²) in [7, 11) is -0.778. The van der Waals surface area contributed by atoms with Gasteiger partial charge in [-0.15, -0.1) is 0 Å². The highest BCUT2D eigenvalue weighted by atomic mass is 32.2. The minimum absolute atomic E-state index is 0.775. The molecule has 0 amide bonds. The van der Waals surface area contributed by atoms with Gasteiger partial charge in [0.1, 0.15) is 0 Å². The van der Waals surface area contributed by atoms with Crippen LogP contribution < -0.4 is 0 Å².